The van der Waals surface area contributed by atoms with Gasteiger partial charge in [0.05, 0.1) is 5.41 Å². The summed E-state index contributed by atoms with van der Waals surface area (Å²) in [7, 11) is 0. The molecule has 118 valence electrons. The Hall–Kier alpha value is -0.580. The van der Waals surface area contributed by atoms with Crippen molar-refractivity contribution in [2.24, 2.45) is 0 Å². The molecule has 1 aliphatic carbocycles. The van der Waals surface area contributed by atoms with Crippen molar-refractivity contribution in [2.75, 3.05) is 13.1 Å². The molecule has 1 atom stereocenters. The van der Waals surface area contributed by atoms with E-state index < -0.39 is 0 Å². The van der Waals surface area contributed by atoms with E-state index in [2.05, 4.69) is 28.1 Å². The Morgan fingerprint density at radius 2 is 2.14 bits per heavy atom. The molecule has 2 N–H and O–H groups in total. The quantitative estimate of drug-likeness (QED) is 0.891. The summed E-state index contributed by atoms with van der Waals surface area (Å²) in [5.74, 6) is 0.258. The first-order chi connectivity index (χ1) is 9.81. The lowest BCUT2D eigenvalue weighted by atomic mass is 9.72. The average molecular weight is 329 g/mol. The monoisotopic (exact) mass is 328 g/mol. The lowest BCUT2D eigenvalue weighted by molar-refractivity contribution is -0.128. The third-order valence-corrected chi connectivity index (χ3v) is 5.88. The van der Waals surface area contributed by atoms with Crippen molar-refractivity contribution in [1.29, 1.82) is 0 Å². The summed E-state index contributed by atoms with van der Waals surface area (Å²) >= 11 is 1.74. The molecule has 21 heavy (non-hydrogen) atoms. The summed E-state index contributed by atoms with van der Waals surface area (Å²) in [4.78, 5) is 14.1. The third kappa shape index (κ3) is 3.61. The van der Waals surface area contributed by atoms with Gasteiger partial charge in [-0.2, -0.15) is 0 Å². The predicted octanol–water partition coefficient (Wildman–Crippen LogP) is 3.24. The summed E-state index contributed by atoms with van der Waals surface area (Å²) in [5.41, 5.74) is -0.245. The van der Waals surface area contributed by atoms with E-state index in [0.29, 0.717) is 6.04 Å². The molecule has 0 bridgehead atoms. The van der Waals surface area contributed by atoms with Crippen molar-refractivity contribution in [1.82, 2.24) is 10.6 Å². The molecule has 3 nitrogen and oxygen atoms in total. The van der Waals surface area contributed by atoms with Crippen LogP contribution in [0.4, 0.5) is 0 Å². The van der Waals surface area contributed by atoms with Gasteiger partial charge in [-0.3, -0.25) is 4.79 Å². The zero-order valence-electron chi connectivity index (χ0n) is 12.4. The van der Waals surface area contributed by atoms with Crippen molar-refractivity contribution < 1.29 is 4.79 Å². The highest BCUT2D eigenvalue weighted by molar-refractivity contribution is 7.10. The van der Waals surface area contributed by atoms with Crippen LogP contribution in [0.25, 0.3) is 0 Å². The van der Waals surface area contributed by atoms with E-state index in [-0.39, 0.29) is 23.7 Å². The molecule has 5 heteroatoms. The summed E-state index contributed by atoms with van der Waals surface area (Å²) in [6.07, 6.45) is 8.06. The van der Waals surface area contributed by atoms with Gasteiger partial charge in [0.15, 0.2) is 0 Å². The number of thiophene rings is 1. The number of hydrogen-bond donors (Lipinski definition) is 2. The molecule has 1 unspecified atom stereocenters. The molecule has 0 radical (unpaired) electrons. The van der Waals surface area contributed by atoms with Crippen molar-refractivity contribution in [3.8, 4) is 0 Å². The first-order valence-electron chi connectivity index (χ1n) is 7.87. The molecule has 2 aliphatic rings. The van der Waals surface area contributed by atoms with Gasteiger partial charge < -0.3 is 10.6 Å². The zero-order chi connectivity index (χ0) is 13.8. The van der Waals surface area contributed by atoms with Gasteiger partial charge in [-0.1, -0.05) is 25.3 Å². The van der Waals surface area contributed by atoms with Crippen LogP contribution >= 0.6 is 23.7 Å². The minimum Gasteiger partial charge on any atom is -0.354 e. The lowest BCUT2D eigenvalue weighted by Crippen LogP contribution is -2.48. The van der Waals surface area contributed by atoms with E-state index in [1.165, 1.54) is 37.0 Å². The molecule has 2 heterocycles. The van der Waals surface area contributed by atoms with Crippen molar-refractivity contribution in [3.05, 3.63) is 22.4 Å². The van der Waals surface area contributed by atoms with Crippen LogP contribution < -0.4 is 10.6 Å². The second kappa shape index (κ2) is 7.61. The van der Waals surface area contributed by atoms with Crippen LogP contribution in [0, 0.1) is 0 Å². The van der Waals surface area contributed by atoms with Crippen LogP contribution in [-0.4, -0.2) is 25.0 Å². The maximum Gasteiger partial charge on any atom is 0.231 e. The highest BCUT2D eigenvalue weighted by atomic mass is 35.5. The van der Waals surface area contributed by atoms with Gasteiger partial charge in [0, 0.05) is 17.5 Å². The number of amides is 1. The smallest absolute Gasteiger partial charge is 0.231 e. The first-order valence-corrected chi connectivity index (χ1v) is 8.75. The van der Waals surface area contributed by atoms with E-state index in [9.17, 15) is 4.79 Å². The van der Waals surface area contributed by atoms with Gasteiger partial charge >= 0.3 is 0 Å². The summed E-state index contributed by atoms with van der Waals surface area (Å²) in [6.45, 7) is 1.88. The van der Waals surface area contributed by atoms with E-state index in [1.807, 2.05) is 0 Å². The standard InChI is InChI=1S/C16H24N2OS.ClH/c19-15(18-12-13-6-4-10-17-13)16(8-2-1-3-9-16)14-7-5-11-20-14;/h5,7,11,13,17H,1-4,6,8-10,12H2,(H,18,19);1H. The van der Waals surface area contributed by atoms with Crippen LogP contribution in [0.5, 0.6) is 0 Å². The molecule has 1 aliphatic heterocycles. The fourth-order valence-electron chi connectivity index (χ4n) is 3.61. The van der Waals surface area contributed by atoms with Crippen LogP contribution in [-0.2, 0) is 10.2 Å². The van der Waals surface area contributed by atoms with E-state index in [0.717, 1.165) is 25.9 Å². The molecule has 1 aromatic heterocycles. The molecule has 1 amide bonds. The SMILES string of the molecule is Cl.O=C(NCC1CCCN1)C1(c2cccs2)CCCCC1. The van der Waals surface area contributed by atoms with Gasteiger partial charge in [-0.25, -0.2) is 0 Å². The maximum atomic E-state index is 12.8. The second-order valence-corrected chi connectivity index (χ2v) is 7.07. The highest BCUT2D eigenvalue weighted by Gasteiger charge is 2.41. The van der Waals surface area contributed by atoms with Gasteiger partial charge in [-0.15, -0.1) is 23.7 Å². The Labute approximate surface area is 137 Å². The molecular weight excluding hydrogens is 304 g/mol. The van der Waals surface area contributed by atoms with Gasteiger partial charge in [-0.05, 0) is 43.7 Å². The second-order valence-electron chi connectivity index (χ2n) is 6.12. The summed E-state index contributed by atoms with van der Waals surface area (Å²) < 4.78 is 0. The van der Waals surface area contributed by atoms with Gasteiger partial charge in [0.1, 0.15) is 0 Å². The minimum absolute atomic E-state index is 0. The van der Waals surface area contributed by atoms with Gasteiger partial charge in [0.2, 0.25) is 5.91 Å². The Morgan fingerprint density at radius 1 is 1.33 bits per heavy atom. The Morgan fingerprint density at radius 3 is 2.76 bits per heavy atom. The molecule has 0 aromatic carbocycles. The fraction of sp³-hybridized carbons (Fsp3) is 0.688. The topological polar surface area (TPSA) is 41.1 Å². The van der Waals surface area contributed by atoms with Crippen LogP contribution in [0.2, 0.25) is 0 Å². The maximum absolute atomic E-state index is 12.8. The largest absolute Gasteiger partial charge is 0.354 e. The predicted molar refractivity (Wildman–Crippen MR) is 90.4 cm³/mol. The molecule has 1 saturated carbocycles. The fourth-order valence-corrected chi connectivity index (χ4v) is 4.59. The van der Waals surface area contributed by atoms with Crippen molar-refractivity contribution in [2.45, 2.75) is 56.4 Å². The van der Waals surface area contributed by atoms with E-state index in [1.54, 1.807) is 11.3 Å². The number of rotatable bonds is 4. The van der Waals surface area contributed by atoms with Crippen LogP contribution in [0.1, 0.15) is 49.8 Å². The molecule has 2 fully saturated rings. The zero-order valence-corrected chi connectivity index (χ0v) is 14.0. The minimum atomic E-state index is -0.245. The first kappa shape index (κ1) is 16.8. The van der Waals surface area contributed by atoms with Crippen molar-refractivity contribution in [3.63, 3.8) is 0 Å². The average Bonchev–Trinajstić information content (AvgIpc) is 3.18. The molecular formula is C16H25ClN2OS. The summed E-state index contributed by atoms with van der Waals surface area (Å²) in [5, 5.41) is 8.77. The summed E-state index contributed by atoms with van der Waals surface area (Å²) in [6, 6.07) is 4.69. The molecule has 0 spiro atoms. The Kier molecular flexibility index (Phi) is 6.08. The number of hydrogen-bond acceptors (Lipinski definition) is 3. The van der Waals surface area contributed by atoms with E-state index in [4.69, 9.17) is 0 Å². The number of carbonyl (C=O) groups is 1. The normalized spacial score (nSPS) is 24.3. The lowest BCUT2D eigenvalue weighted by Gasteiger charge is -2.35. The molecule has 1 aromatic rings. The van der Waals surface area contributed by atoms with E-state index >= 15 is 0 Å². The van der Waals surface area contributed by atoms with Gasteiger partial charge in [0.25, 0.3) is 0 Å². The highest BCUT2D eigenvalue weighted by Crippen LogP contribution is 2.41. The number of nitrogens with one attached hydrogen (secondary N) is 2. The number of carbonyl (C=O) groups excluding carboxylic acids is 1. The van der Waals surface area contributed by atoms with Crippen LogP contribution in [0.3, 0.4) is 0 Å². The Bertz CT molecular complexity index is 437. The van der Waals surface area contributed by atoms with Crippen LogP contribution in [0.15, 0.2) is 17.5 Å². The molecule has 1 saturated heterocycles. The molecule has 3 rings (SSSR count). The third-order valence-electron chi connectivity index (χ3n) is 4.81. The van der Waals surface area contributed by atoms with Crippen molar-refractivity contribution >= 4 is 29.7 Å². The Balaban J connectivity index is 0.00000161. The number of halogens is 1.